The molecule has 3 heterocycles. The summed E-state index contributed by atoms with van der Waals surface area (Å²) in [6, 6.07) is 14.0. The predicted molar refractivity (Wildman–Crippen MR) is 117 cm³/mol. The summed E-state index contributed by atoms with van der Waals surface area (Å²) in [4.78, 5) is 45.1. The SMILES string of the molecule is Cc1ccc(/C=C2/SC(=O)N(CC(=O)N3CCN(c4ccccc4)CC3)C2=O)s1. The van der Waals surface area contributed by atoms with E-state index in [-0.39, 0.29) is 23.6 Å². The molecule has 2 aliphatic rings. The van der Waals surface area contributed by atoms with Crippen LogP contribution in [0.15, 0.2) is 47.4 Å². The lowest BCUT2D eigenvalue weighted by molar-refractivity contribution is -0.136. The number of carbonyl (C=O) groups is 3. The van der Waals surface area contributed by atoms with Crippen LogP contribution in [0.5, 0.6) is 0 Å². The highest BCUT2D eigenvalue weighted by Crippen LogP contribution is 2.33. The van der Waals surface area contributed by atoms with Crippen molar-refractivity contribution in [1.29, 1.82) is 0 Å². The number of aryl methyl sites for hydroxylation is 1. The molecule has 150 valence electrons. The van der Waals surface area contributed by atoms with Gasteiger partial charge < -0.3 is 9.80 Å². The number of imide groups is 1. The highest BCUT2D eigenvalue weighted by atomic mass is 32.2. The molecule has 0 aliphatic carbocycles. The number of hydrogen-bond donors (Lipinski definition) is 0. The van der Waals surface area contributed by atoms with Gasteiger partial charge in [0.15, 0.2) is 0 Å². The van der Waals surface area contributed by atoms with Gasteiger partial charge in [0.05, 0.1) is 4.91 Å². The highest BCUT2D eigenvalue weighted by molar-refractivity contribution is 8.18. The van der Waals surface area contributed by atoms with Crippen LogP contribution >= 0.6 is 23.1 Å². The summed E-state index contributed by atoms with van der Waals surface area (Å²) in [5.41, 5.74) is 1.14. The van der Waals surface area contributed by atoms with Crippen LogP contribution in [-0.2, 0) is 9.59 Å². The minimum atomic E-state index is -0.387. The summed E-state index contributed by atoms with van der Waals surface area (Å²) in [6.07, 6.45) is 1.73. The standard InChI is InChI=1S/C21H21N3O3S2/c1-15-7-8-17(28-15)13-18-20(26)24(21(27)29-18)14-19(25)23-11-9-22(10-12-23)16-5-3-2-4-6-16/h2-8,13H,9-12,14H2,1H3/b18-13+. The summed E-state index contributed by atoms with van der Waals surface area (Å²) in [5.74, 6) is -0.574. The molecule has 8 heteroatoms. The van der Waals surface area contributed by atoms with Crippen LogP contribution in [0.25, 0.3) is 6.08 Å². The van der Waals surface area contributed by atoms with Crippen molar-refractivity contribution in [2.75, 3.05) is 37.6 Å². The normalized spacial score (nSPS) is 18.8. The summed E-state index contributed by atoms with van der Waals surface area (Å²) in [5, 5.41) is -0.384. The molecule has 0 N–H and O–H groups in total. The Bertz CT molecular complexity index is 963. The molecule has 2 aromatic rings. The molecule has 1 aromatic carbocycles. The number of thioether (sulfide) groups is 1. The zero-order valence-electron chi connectivity index (χ0n) is 16.0. The summed E-state index contributed by atoms with van der Waals surface area (Å²) >= 11 is 2.46. The molecular weight excluding hydrogens is 406 g/mol. The van der Waals surface area contributed by atoms with E-state index >= 15 is 0 Å². The van der Waals surface area contributed by atoms with Gasteiger partial charge in [-0.3, -0.25) is 19.3 Å². The van der Waals surface area contributed by atoms with Crippen LogP contribution in [0, 0.1) is 6.92 Å². The minimum Gasteiger partial charge on any atom is -0.368 e. The summed E-state index contributed by atoms with van der Waals surface area (Å²) in [7, 11) is 0. The first-order chi connectivity index (χ1) is 14.0. The highest BCUT2D eigenvalue weighted by Gasteiger charge is 2.37. The van der Waals surface area contributed by atoms with Crippen molar-refractivity contribution in [3.63, 3.8) is 0 Å². The average Bonchev–Trinajstić information content (AvgIpc) is 3.26. The van der Waals surface area contributed by atoms with E-state index in [2.05, 4.69) is 17.0 Å². The Morgan fingerprint density at radius 2 is 1.76 bits per heavy atom. The van der Waals surface area contributed by atoms with Crippen LogP contribution in [-0.4, -0.2) is 59.6 Å². The van der Waals surface area contributed by atoms with E-state index in [0.717, 1.165) is 45.2 Å². The molecule has 2 aliphatic heterocycles. The number of rotatable bonds is 4. The quantitative estimate of drug-likeness (QED) is 0.700. The van der Waals surface area contributed by atoms with Gasteiger partial charge in [0.1, 0.15) is 6.54 Å². The van der Waals surface area contributed by atoms with Crippen molar-refractivity contribution < 1.29 is 14.4 Å². The Kier molecular flexibility index (Phi) is 5.73. The van der Waals surface area contributed by atoms with Gasteiger partial charge in [-0.05, 0) is 49.0 Å². The third-order valence-corrected chi connectivity index (χ3v) is 6.81. The number of amides is 3. The largest absolute Gasteiger partial charge is 0.368 e. The van der Waals surface area contributed by atoms with Crippen LogP contribution in [0.2, 0.25) is 0 Å². The molecule has 0 bridgehead atoms. The van der Waals surface area contributed by atoms with Gasteiger partial charge in [-0.2, -0.15) is 0 Å². The van der Waals surface area contributed by atoms with Crippen LogP contribution < -0.4 is 4.90 Å². The molecule has 3 amide bonds. The Morgan fingerprint density at radius 1 is 1.03 bits per heavy atom. The topological polar surface area (TPSA) is 60.9 Å². The molecule has 4 rings (SSSR count). The van der Waals surface area contributed by atoms with E-state index in [0.29, 0.717) is 18.0 Å². The molecule has 29 heavy (non-hydrogen) atoms. The average molecular weight is 428 g/mol. The second kappa shape index (κ2) is 8.42. The third-order valence-electron chi connectivity index (χ3n) is 4.96. The smallest absolute Gasteiger partial charge is 0.294 e. The van der Waals surface area contributed by atoms with Gasteiger partial charge in [-0.1, -0.05) is 18.2 Å². The summed E-state index contributed by atoms with van der Waals surface area (Å²) in [6.45, 7) is 4.41. The van der Waals surface area contributed by atoms with E-state index in [4.69, 9.17) is 0 Å². The molecular formula is C21H21N3O3S2. The Hall–Kier alpha value is -2.58. The van der Waals surface area contributed by atoms with Gasteiger partial charge in [0, 0.05) is 41.6 Å². The monoisotopic (exact) mass is 427 g/mol. The maximum Gasteiger partial charge on any atom is 0.294 e. The molecule has 1 aromatic heterocycles. The Labute approximate surface area is 177 Å². The predicted octanol–water partition coefficient (Wildman–Crippen LogP) is 3.44. The van der Waals surface area contributed by atoms with Crippen LogP contribution in [0.1, 0.15) is 9.75 Å². The maximum atomic E-state index is 12.7. The first kappa shape index (κ1) is 19.7. The first-order valence-electron chi connectivity index (χ1n) is 9.41. The minimum absolute atomic E-state index is 0.187. The van der Waals surface area contributed by atoms with E-state index in [1.54, 1.807) is 22.3 Å². The van der Waals surface area contributed by atoms with Crippen molar-refractivity contribution in [3.8, 4) is 0 Å². The lowest BCUT2D eigenvalue weighted by atomic mass is 10.2. The Morgan fingerprint density at radius 3 is 2.41 bits per heavy atom. The fraction of sp³-hybridized carbons (Fsp3) is 0.286. The lowest BCUT2D eigenvalue weighted by Gasteiger charge is -2.36. The van der Waals surface area contributed by atoms with Gasteiger partial charge in [-0.15, -0.1) is 11.3 Å². The number of thiophene rings is 1. The number of nitrogens with zero attached hydrogens (tertiary/aromatic N) is 3. The molecule has 0 radical (unpaired) electrons. The molecule has 0 unspecified atom stereocenters. The van der Waals surface area contributed by atoms with Gasteiger partial charge in [0.25, 0.3) is 11.1 Å². The van der Waals surface area contributed by atoms with Crippen molar-refractivity contribution in [2.24, 2.45) is 0 Å². The van der Waals surface area contributed by atoms with E-state index < -0.39 is 0 Å². The van der Waals surface area contributed by atoms with Crippen LogP contribution in [0.4, 0.5) is 10.5 Å². The van der Waals surface area contributed by atoms with Gasteiger partial charge in [-0.25, -0.2) is 0 Å². The van der Waals surface area contributed by atoms with E-state index in [1.807, 2.05) is 37.3 Å². The van der Waals surface area contributed by atoms with Crippen molar-refractivity contribution in [2.45, 2.75) is 6.92 Å². The van der Waals surface area contributed by atoms with Gasteiger partial charge in [0.2, 0.25) is 5.91 Å². The zero-order valence-corrected chi connectivity index (χ0v) is 17.7. The van der Waals surface area contributed by atoms with E-state index in [1.165, 1.54) is 0 Å². The number of anilines is 1. The zero-order chi connectivity index (χ0) is 20.4. The fourth-order valence-corrected chi connectivity index (χ4v) is 5.11. The number of hydrogen-bond acceptors (Lipinski definition) is 6. The van der Waals surface area contributed by atoms with Gasteiger partial charge >= 0.3 is 0 Å². The molecule has 0 saturated carbocycles. The first-order valence-corrected chi connectivity index (χ1v) is 11.0. The van der Waals surface area contributed by atoms with Crippen molar-refractivity contribution in [1.82, 2.24) is 9.80 Å². The lowest BCUT2D eigenvalue weighted by Crippen LogP contribution is -2.51. The van der Waals surface area contributed by atoms with Crippen molar-refractivity contribution in [3.05, 3.63) is 57.1 Å². The second-order valence-corrected chi connectivity index (χ2v) is 9.23. The number of carbonyl (C=O) groups excluding carboxylic acids is 3. The number of benzene rings is 1. The molecule has 2 saturated heterocycles. The third kappa shape index (κ3) is 4.38. The van der Waals surface area contributed by atoms with Crippen LogP contribution in [0.3, 0.4) is 0 Å². The number of para-hydroxylation sites is 1. The summed E-state index contributed by atoms with van der Waals surface area (Å²) < 4.78 is 0. The molecule has 6 nitrogen and oxygen atoms in total. The molecule has 0 atom stereocenters. The molecule has 2 fully saturated rings. The molecule has 0 spiro atoms. The van der Waals surface area contributed by atoms with E-state index in [9.17, 15) is 14.4 Å². The Balaban J connectivity index is 1.35. The second-order valence-electron chi connectivity index (χ2n) is 6.92. The fourth-order valence-electron chi connectivity index (χ4n) is 3.38. The van der Waals surface area contributed by atoms with Crippen molar-refractivity contribution >= 4 is 51.9 Å². The maximum absolute atomic E-state index is 12.7. The number of piperazine rings is 1.